The lowest BCUT2D eigenvalue weighted by molar-refractivity contribution is 0.0963. The lowest BCUT2D eigenvalue weighted by Gasteiger charge is -2.11. The van der Waals surface area contributed by atoms with Crippen molar-refractivity contribution in [3.05, 3.63) is 54.2 Å². The summed E-state index contributed by atoms with van der Waals surface area (Å²) in [5.74, 6) is 0.892. The highest BCUT2D eigenvalue weighted by Gasteiger charge is 2.10. The van der Waals surface area contributed by atoms with E-state index in [2.05, 4.69) is 36.5 Å². The molecule has 0 radical (unpaired) electrons. The summed E-state index contributed by atoms with van der Waals surface area (Å²) in [6.07, 6.45) is 1.64. The fourth-order valence-electron chi connectivity index (χ4n) is 2.26. The normalized spacial score (nSPS) is 10.3. The van der Waals surface area contributed by atoms with Crippen LogP contribution in [0.4, 0.5) is 11.8 Å². The summed E-state index contributed by atoms with van der Waals surface area (Å²) in [6.45, 7) is 1.10. The Hall–Kier alpha value is -3.49. The number of pyridine rings is 1. The molecule has 0 bridgehead atoms. The van der Waals surface area contributed by atoms with Crippen LogP contribution in [0.25, 0.3) is 5.69 Å². The van der Waals surface area contributed by atoms with E-state index in [0.717, 1.165) is 5.69 Å². The number of anilines is 2. The molecule has 0 aliphatic rings. The molecule has 2 heterocycles. The maximum absolute atomic E-state index is 11.8. The number of nitrogens with one attached hydrogen (secondary N) is 3. The van der Waals surface area contributed by atoms with Gasteiger partial charge in [-0.25, -0.2) is 4.98 Å². The second kappa shape index (κ2) is 7.86. The third-order valence-electron chi connectivity index (χ3n) is 3.45. The van der Waals surface area contributed by atoms with Crippen LogP contribution >= 0.6 is 0 Å². The number of benzene rings is 1. The maximum atomic E-state index is 11.8. The number of carbonyl (C=O) groups is 1. The minimum atomic E-state index is -0.184. The van der Waals surface area contributed by atoms with Gasteiger partial charge in [-0.15, -0.1) is 0 Å². The first kappa shape index (κ1) is 16.4. The highest BCUT2D eigenvalue weighted by molar-refractivity contribution is 5.98. The van der Waals surface area contributed by atoms with Gasteiger partial charge in [-0.1, -0.05) is 23.3 Å². The highest BCUT2D eigenvalue weighted by Crippen LogP contribution is 2.12. The third kappa shape index (κ3) is 3.89. The number of nitrogens with zero attached hydrogens (tertiary/aromatic N) is 5. The van der Waals surface area contributed by atoms with Crippen LogP contribution in [0.1, 0.15) is 10.4 Å². The first-order valence-corrected chi connectivity index (χ1v) is 7.78. The van der Waals surface area contributed by atoms with E-state index in [4.69, 9.17) is 0 Å². The molecule has 9 heteroatoms. The number of hydrogen-bond acceptors (Lipinski definition) is 7. The number of carbonyl (C=O) groups excluding carboxylic acids is 1. The van der Waals surface area contributed by atoms with E-state index in [0.29, 0.717) is 30.4 Å². The molecule has 0 spiro atoms. The number of rotatable bonds is 7. The van der Waals surface area contributed by atoms with Gasteiger partial charge in [0, 0.05) is 26.3 Å². The van der Waals surface area contributed by atoms with Gasteiger partial charge < -0.3 is 16.0 Å². The van der Waals surface area contributed by atoms with Crippen molar-refractivity contribution in [3.63, 3.8) is 0 Å². The molecule has 3 aromatic rings. The molecule has 25 heavy (non-hydrogen) atoms. The number of aromatic nitrogens is 5. The van der Waals surface area contributed by atoms with Gasteiger partial charge in [-0.2, -0.15) is 4.68 Å². The quantitative estimate of drug-likeness (QED) is 0.550. The SMILES string of the molecule is CNC(=O)c1cccnc1NCCNc1nnnn1-c1ccccc1. The smallest absolute Gasteiger partial charge is 0.254 e. The predicted octanol–water partition coefficient (Wildman–Crippen LogP) is 0.941. The fourth-order valence-corrected chi connectivity index (χ4v) is 2.26. The summed E-state index contributed by atoms with van der Waals surface area (Å²) in [7, 11) is 1.59. The van der Waals surface area contributed by atoms with E-state index in [1.165, 1.54) is 0 Å². The van der Waals surface area contributed by atoms with E-state index < -0.39 is 0 Å². The fraction of sp³-hybridized carbons (Fsp3) is 0.188. The molecule has 3 rings (SSSR count). The number of amides is 1. The van der Waals surface area contributed by atoms with Crippen LogP contribution in [0.2, 0.25) is 0 Å². The van der Waals surface area contributed by atoms with Gasteiger partial charge in [0.1, 0.15) is 5.82 Å². The van der Waals surface area contributed by atoms with Crippen molar-refractivity contribution in [1.29, 1.82) is 0 Å². The molecule has 0 fully saturated rings. The van der Waals surface area contributed by atoms with Crippen molar-refractivity contribution in [2.75, 3.05) is 30.8 Å². The van der Waals surface area contributed by atoms with E-state index >= 15 is 0 Å². The van der Waals surface area contributed by atoms with Crippen LogP contribution in [0.15, 0.2) is 48.7 Å². The van der Waals surface area contributed by atoms with E-state index in [1.807, 2.05) is 30.3 Å². The molecule has 0 atom stereocenters. The lowest BCUT2D eigenvalue weighted by atomic mass is 10.2. The maximum Gasteiger partial charge on any atom is 0.254 e. The minimum Gasteiger partial charge on any atom is -0.368 e. The molecule has 0 aliphatic heterocycles. The molecule has 1 aromatic carbocycles. The molecule has 0 saturated carbocycles. The van der Waals surface area contributed by atoms with E-state index in [-0.39, 0.29) is 5.91 Å². The van der Waals surface area contributed by atoms with Gasteiger partial charge in [-0.3, -0.25) is 4.79 Å². The van der Waals surface area contributed by atoms with Gasteiger partial charge >= 0.3 is 0 Å². The molecule has 0 unspecified atom stereocenters. The Labute approximate surface area is 144 Å². The molecule has 0 aliphatic carbocycles. The predicted molar refractivity (Wildman–Crippen MR) is 93.8 cm³/mol. The second-order valence-corrected chi connectivity index (χ2v) is 5.08. The Morgan fingerprint density at radius 1 is 1.08 bits per heavy atom. The average Bonchev–Trinajstić information content (AvgIpc) is 3.14. The topological polar surface area (TPSA) is 110 Å². The number of tetrazole rings is 1. The van der Waals surface area contributed by atoms with Crippen LogP contribution in [0.3, 0.4) is 0 Å². The standard InChI is InChI=1S/C16H18N8O/c1-17-15(25)13-8-5-9-18-14(13)19-10-11-20-16-21-22-23-24(16)12-6-3-2-4-7-12/h2-9H,10-11H2,1H3,(H,17,25)(H,18,19)(H,20,21,23). The largest absolute Gasteiger partial charge is 0.368 e. The van der Waals surface area contributed by atoms with Crippen molar-refractivity contribution < 1.29 is 4.79 Å². The zero-order valence-electron chi connectivity index (χ0n) is 13.7. The summed E-state index contributed by atoms with van der Waals surface area (Å²) in [5, 5.41) is 20.6. The third-order valence-corrected chi connectivity index (χ3v) is 3.45. The lowest BCUT2D eigenvalue weighted by Crippen LogP contribution is -2.22. The van der Waals surface area contributed by atoms with Gasteiger partial charge in [0.2, 0.25) is 5.95 Å². The number of para-hydroxylation sites is 1. The van der Waals surface area contributed by atoms with Gasteiger partial charge in [0.25, 0.3) is 5.91 Å². The first-order chi connectivity index (χ1) is 12.3. The molecule has 0 saturated heterocycles. The molecular weight excluding hydrogens is 320 g/mol. The average molecular weight is 338 g/mol. The van der Waals surface area contributed by atoms with Crippen molar-refractivity contribution in [2.45, 2.75) is 0 Å². The summed E-state index contributed by atoms with van der Waals surface area (Å²) in [4.78, 5) is 16.0. The van der Waals surface area contributed by atoms with Gasteiger partial charge in [-0.05, 0) is 34.7 Å². The van der Waals surface area contributed by atoms with Crippen molar-refractivity contribution in [2.24, 2.45) is 0 Å². The Balaban J connectivity index is 1.59. The van der Waals surface area contributed by atoms with Crippen LogP contribution in [0, 0.1) is 0 Å². The summed E-state index contributed by atoms with van der Waals surface area (Å²) in [6, 6.07) is 13.1. The van der Waals surface area contributed by atoms with Crippen LogP contribution in [-0.2, 0) is 0 Å². The molecule has 1 amide bonds. The monoisotopic (exact) mass is 338 g/mol. The summed E-state index contributed by atoms with van der Waals surface area (Å²) >= 11 is 0. The van der Waals surface area contributed by atoms with E-state index in [9.17, 15) is 4.79 Å². The van der Waals surface area contributed by atoms with Crippen molar-refractivity contribution in [1.82, 2.24) is 30.5 Å². The summed E-state index contributed by atoms with van der Waals surface area (Å²) < 4.78 is 1.62. The Morgan fingerprint density at radius 3 is 2.68 bits per heavy atom. The zero-order chi connectivity index (χ0) is 17.5. The van der Waals surface area contributed by atoms with Gasteiger partial charge in [0.15, 0.2) is 0 Å². The Bertz CT molecular complexity index is 833. The van der Waals surface area contributed by atoms with Crippen LogP contribution in [-0.4, -0.2) is 51.2 Å². The minimum absolute atomic E-state index is 0.184. The molecular formula is C16H18N8O. The van der Waals surface area contributed by atoms with Gasteiger partial charge in [0.05, 0.1) is 11.3 Å². The highest BCUT2D eigenvalue weighted by atomic mass is 16.1. The van der Waals surface area contributed by atoms with Crippen LogP contribution in [0.5, 0.6) is 0 Å². The number of hydrogen-bond donors (Lipinski definition) is 3. The van der Waals surface area contributed by atoms with Crippen LogP contribution < -0.4 is 16.0 Å². The van der Waals surface area contributed by atoms with Crippen molar-refractivity contribution in [3.8, 4) is 5.69 Å². The van der Waals surface area contributed by atoms with E-state index in [1.54, 1.807) is 30.1 Å². The summed E-state index contributed by atoms with van der Waals surface area (Å²) in [5.41, 5.74) is 1.37. The zero-order valence-corrected chi connectivity index (χ0v) is 13.7. The molecule has 128 valence electrons. The molecule has 2 aromatic heterocycles. The Morgan fingerprint density at radius 2 is 1.88 bits per heavy atom. The van der Waals surface area contributed by atoms with Crippen molar-refractivity contribution >= 4 is 17.7 Å². The first-order valence-electron chi connectivity index (χ1n) is 7.78. The second-order valence-electron chi connectivity index (χ2n) is 5.08. The molecule has 9 nitrogen and oxygen atoms in total. The molecule has 3 N–H and O–H groups in total. The Kier molecular flexibility index (Phi) is 5.15.